The number of hydrogen-bond donors (Lipinski definition) is 1. The molecule has 1 aromatic carbocycles. The van der Waals surface area contributed by atoms with Gasteiger partial charge in [-0.3, -0.25) is 0 Å². The van der Waals surface area contributed by atoms with E-state index < -0.39 is 10.0 Å². The van der Waals surface area contributed by atoms with E-state index >= 15 is 0 Å². The Morgan fingerprint density at radius 3 is 2.75 bits per heavy atom. The molecule has 0 aromatic heterocycles. The van der Waals surface area contributed by atoms with E-state index in [4.69, 9.17) is 23.2 Å². The van der Waals surface area contributed by atoms with Crippen molar-refractivity contribution in [1.82, 2.24) is 9.62 Å². The third-order valence-electron chi connectivity index (χ3n) is 3.49. The highest BCUT2D eigenvalue weighted by Gasteiger charge is 2.32. The van der Waals surface area contributed by atoms with Crippen molar-refractivity contribution < 1.29 is 8.42 Å². The number of piperidine rings is 1. The van der Waals surface area contributed by atoms with Crippen LogP contribution < -0.4 is 5.32 Å². The first-order valence-electron chi connectivity index (χ1n) is 6.65. The lowest BCUT2D eigenvalue weighted by Gasteiger charge is -2.33. The standard InChI is InChI=1S/C13H18Cl2N2O2S/c1-2-17(10-5-4-8-16-9-10)20(18,19)12-7-3-6-11(14)13(12)15/h3,6-7,10,16H,2,4-5,8-9H2,1H3. The number of likely N-dealkylation sites (N-methyl/N-ethyl adjacent to an activating group) is 1. The van der Waals surface area contributed by atoms with Crippen LogP contribution in [0.5, 0.6) is 0 Å². The van der Waals surface area contributed by atoms with Gasteiger partial charge in [0, 0.05) is 19.1 Å². The summed E-state index contributed by atoms with van der Waals surface area (Å²) in [5.41, 5.74) is 0. The average molecular weight is 337 g/mol. The summed E-state index contributed by atoms with van der Waals surface area (Å²) in [6, 6.07) is 4.66. The van der Waals surface area contributed by atoms with Gasteiger partial charge in [0.05, 0.1) is 10.0 Å². The fourth-order valence-corrected chi connectivity index (χ4v) is 4.91. The lowest BCUT2D eigenvalue weighted by atomic mass is 10.1. The third kappa shape index (κ3) is 3.12. The molecule has 1 fully saturated rings. The van der Waals surface area contributed by atoms with Gasteiger partial charge >= 0.3 is 0 Å². The van der Waals surface area contributed by atoms with Gasteiger partial charge in [0.2, 0.25) is 10.0 Å². The molecule has 0 amide bonds. The number of hydrogen-bond acceptors (Lipinski definition) is 3. The van der Waals surface area contributed by atoms with Crippen molar-refractivity contribution in [1.29, 1.82) is 0 Å². The molecule has 112 valence electrons. The predicted octanol–water partition coefficient (Wildman–Crippen LogP) is 2.76. The number of halogens is 2. The molecule has 1 N–H and O–H groups in total. The quantitative estimate of drug-likeness (QED) is 0.919. The lowest BCUT2D eigenvalue weighted by molar-refractivity contribution is 0.274. The zero-order valence-electron chi connectivity index (χ0n) is 11.3. The first-order chi connectivity index (χ1) is 9.48. The van der Waals surface area contributed by atoms with Crippen molar-refractivity contribution in [2.75, 3.05) is 19.6 Å². The minimum absolute atomic E-state index is 0.0335. The van der Waals surface area contributed by atoms with Crippen LogP contribution in [0.4, 0.5) is 0 Å². The van der Waals surface area contributed by atoms with E-state index in [-0.39, 0.29) is 21.0 Å². The van der Waals surface area contributed by atoms with E-state index in [2.05, 4.69) is 5.32 Å². The van der Waals surface area contributed by atoms with E-state index in [1.807, 2.05) is 6.92 Å². The summed E-state index contributed by atoms with van der Waals surface area (Å²) in [5, 5.41) is 3.58. The zero-order valence-corrected chi connectivity index (χ0v) is 13.6. The number of nitrogens with one attached hydrogen (secondary N) is 1. The van der Waals surface area contributed by atoms with Crippen molar-refractivity contribution >= 4 is 33.2 Å². The van der Waals surface area contributed by atoms with E-state index in [1.165, 1.54) is 10.4 Å². The van der Waals surface area contributed by atoms with Crippen molar-refractivity contribution in [3.63, 3.8) is 0 Å². The van der Waals surface area contributed by atoms with Gasteiger partial charge in [0.1, 0.15) is 4.90 Å². The molecule has 1 atom stereocenters. The van der Waals surface area contributed by atoms with Crippen LogP contribution in [0.1, 0.15) is 19.8 Å². The Morgan fingerprint density at radius 1 is 1.40 bits per heavy atom. The molecule has 1 saturated heterocycles. The van der Waals surface area contributed by atoms with Crippen molar-refractivity contribution in [2.45, 2.75) is 30.7 Å². The molecule has 4 nitrogen and oxygen atoms in total. The minimum atomic E-state index is -3.63. The maximum atomic E-state index is 12.8. The second kappa shape index (κ2) is 6.62. The van der Waals surface area contributed by atoms with Crippen molar-refractivity contribution in [3.8, 4) is 0 Å². The lowest BCUT2D eigenvalue weighted by Crippen LogP contribution is -2.48. The molecule has 0 radical (unpaired) electrons. The van der Waals surface area contributed by atoms with Gasteiger partial charge in [0.25, 0.3) is 0 Å². The molecule has 20 heavy (non-hydrogen) atoms. The second-order valence-electron chi connectivity index (χ2n) is 4.76. The van der Waals surface area contributed by atoms with Crippen molar-refractivity contribution in [3.05, 3.63) is 28.2 Å². The third-order valence-corrected chi connectivity index (χ3v) is 6.49. The molecule has 1 heterocycles. The smallest absolute Gasteiger partial charge is 0.244 e. The van der Waals surface area contributed by atoms with Gasteiger partial charge in [-0.15, -0.1) is 0 Å². The number of rotatable bonds is 4. The summed E-state index contributed by atoms with van der Waals surface area (Å²) in [7, 11) is -3.63. The molecule has 1 aromatic rings. The fraction of sp³-hybridized carbons (Fsp3) is 0.538. The van der Waals surface area contributed by atoms with Crippen LogP contribution in [0, 0.1) is 0 Å². The Hall–Kier alpha value is -0.330. The maximum Gasteiger partial charge on any atom is 0.244 e. The molecule has 0 bridgehead atoms. The highest BCUT2D eigenvalue weighted by atomic mass is 35.5. The predicted molar refractivity (Wildman–Crippen MR) is 81.9 cm³/mol. The van der Waals surface area contributed by atoms with E-state index in [1.54, 1.807) is 12.1 Å². The molecule has 7 heteroatoms. The van der Waals surface area contributed by atoms with Gasteiger partial charge in [-0.05, 0) is 31.5 Å². The van der Waals surface area contributed by atoms with Crippen LogP contribution in [-0.4, -0.2) is 38.4 Å². The van der Waals surface area contributed by atoms with Gasteiger partial charge in [0.15, 0.2) is 0 Å². The monoisotopic (exact) mass is 336 g/mol. The summed E-state index contributed by atoms with van der Waals surface area (Å²) < 4.78 is 27.1. The SMILES string of the molecule is CCN(C1CCCNC1)S(=O)(=O)c1cccc(Cl)c1Cl. The Morgan fingerprint density at radius 2 is 2.15 bits per heavy atom. The molecular weight excluding hydrogens is 319 g/mol. The van der Waals surface area contributed by atoms with Crippen LogP contribution in [0.25, 0.3) is 0 Å². The Kier molecular flexibility index (Phi) is 5.31. The summed E-state index contributed by atoms with van der Waals surface area (Å²) in [4.78, 5) is 0.0825. The first-order valence-corrected chi connectivity index (χ1v) is 8.84. The van der Waals surface area contributed by atoms with Crippen LogP contribution in [-0.2, 0) is 10.0 Å². The van der Waals surface area contributed by atoms with Gasteiger partial charge in [-0.25, -0.2) is 8.42 Å². The Labute approximate surface area is 130 Å². The molecule has 1 unspecified atom stereocenters. The molecule has 1 aliphatic rings. The van der Waals surface area contributed by atoms with E-state index in [0.717, 1.165) is 19.4 Å². The topological polar surface area (TPSA) is 49.4 Å². The molecule has 0 saturated carbocycles. The molecule has 0 aliphatic carbocycles. The fourth-order valence-electron chi connectivity index (χ4n) is 2.51. The Bertz CT molecular complexity index is 572. The minimum Gasteiger partial charge on any atom is -0.315 e. The largest absolute Gasteiger partial charge is 0.315 e. The zero-order chi connectivity index (χ0) is 14.8. The molecular formula is C13H18Cl2N2O2S. The maximum absolute atomic E-state index is 12.8. The van der Waals surface area contributed by atoms with E-state index in [9.17, 15) is 8.42 Å². The van der Waals surface area contributed by atoms with Crippen LogP contribution >= 0.6 is 23.2 Å². The van der Waals surface area contributed by atoms with Crippen LogP contribution in [0.15, 0.2) is 23.1 Å². The number of sulfonamides is 1. The number of benzene rings is 1. The summed E-state index contributed by atoms with van der Waals surface area (Å²) >= 11 is 12.0. The summed E-state index contributed by atoms with van der Waals surface area (Å²) in [6.07, 6.45) is 1.83. The highest BCUT2D eigenvalue weighted by molar-refractivity contribution is 7.89. The molecule has 2 rings (SSSR count). The van der Waals surface area contributed by atoms with Gasteiger partial charge < -0.3 is 5.32 Å². The molecule has 0 spiro atoms. The van der Waals surface area contributed by atoms with Gasteiger partial charge in [-0.2, -0.15) is 4.31 Å². The molecule has 1 aliphatic heterocycles. The van der Waals surface area contributed by atoms with E-state index in [0.29, 0.717) is 13.1 Å². The van der Waals surface area contributed by atoms with Crippen LogP contribution in [0.3, 0.4) is 0 Å². The number of nitrogens with zero attached hydrogens (tertiary/aromatic N) is 1. The normalized spacial score (nSPS) is 20.3. The van der Waals surface area contributed by atoms with Crippen LogP contribution in [0.2, 0.25) is 10.0 Å². The average Bonchev–Trinajstić information content (AvgIpc) is 2.43. The Balaban J connectivity index is 2.38. The van der Waals surface area contributed by atoms with Gasteiger partial charge in [-0.1, -0.05) is 36.2 Å². The summed E-state index contributed by atoms with van der Waals surface area (Å²) in [5.74, 6) is 0. The van der Waals surface area contributed by atoms with Crippen molar-refractivity contribution in [2.24, 2.45) is 0 Å². The first kappa shape index (κ1) is 16.0. The summed E-state index contributed by atoms with van der Waals surface area (Å²) in [6.45, 7) is 3.86. The highest BCUT2D eigenvalue weighted by Crippen LogP contribution is 2.32. The second-order valence-corrected chi connectivity index (χ2v) is 7.40.